The van der Waals surface area contributed by atoms with Gasteiger partial charge in [0.2, 0.25) is 0 Å². The third-order valence-corrected chi connectivity index (χ3v) is 2.81. The molecule has 1 unspecified atom stereocenters. The second-order valence-corrected chi connectivity index (χ2v) is 4.93. The summed E-state index contributed by atoms with van der Waals surface area (Å²) in [7, 11) is 3.53. The monoisotopic (exact) mass is 231 g/mol. The first-order valence-corrected chi connectivity index (χ1v) is 5.68. The summed E-state index contributed by atoms with van der Waals surface area (Å²) in [5, 5.41) is 3.18. The molecule has 0 fully saturated rings. The Morgan fingerprint density at radius 2 is 1.88 bits per heavy atom. The summed E-state index contributed by atoms with van der Waals surface area (Å²) in [5.41, 5.74) is -0.560. The zero-order chi connectivity index (χ0) is 12.8. The van der Waals surface area contributed by atoms with Gasteiger partial charge in [-0.2, -0.15) is 0 Å². The SMILES string of the molecule is CCOC(=O)CC(C)(CC(C)(C)OC)NC. The van der Waals surface area contributed by atoms with Crippen LogP contribution in [-0.2, 0) is 14.3 Å². The highest BCUT2D eigenvalue weighted by molar-refractivity contribution is 5.70. The van der Waals surface area contributed by atoms with Crippen LogP contribution in [0.5, 0.6) is 0 Å². The minimum atomic E-state index is -0.300. The van der Waals surface area contributed by atoms with Crippen LogP contribution in [0.1, 0.15) is 40.5 Å². The normalized spacial score (nSPS) is 15.6. The number of methoxy groups -OCH3 is 1. The largest absolute Gasteiger partial charge is 0.466 e. The van der Waals surface area contributed by atoms with Gasteiger partial charge in [-0.3, -0.25) is 4.79 Å². The lowest BCUT2D eigenvalue weighted by Crippen LogP contribution is -2.47. The van der Waals surface area contributed by atoms with E-state index in [0.717, 1.165) is 6.42 Å². The first-order chi connectivity index (χ1) is 7.28. The highest BCUT2D eigenvalue weighted by Crippen LogP contribution is 2.25. The molecule has 0 amide bonds. The topological polar surface area (TPSA) is 47.6 Å². The fraction of sp³-hybridized carbons (Fsp3) is 0.917. The minimum absolute atomic E-state index is 0.175. The molecule has 0 aromatic heterocycles. The lowest BCUT2D eigenvalue weighted by molar-refractivity contribution is -0.145. The third kappa shape index (κ3) is 5.47. The summed E-state index contributed by atoms with van der Waals surface area (Å²) >= 11 is 0. The lowest BCUT2D eigenvalue weighted by Gasteiger charge is -2.36. The number of esters is 1. The predicted octanol–water partition coefficient (Wildman–Crippen LogP) is 1.73. The molecule has 0 bridgehead atoms. The molecule has 0 saturated carbocycles. The fourth-order valence-corrected chi connectivity index (χ4v) is 1.78. The Bertz CT molecular complexity index is 228. The van der Waals surface area contributed by atoms with Crippen molar-refractivity contribution in [3.8, 4) is 0 Å². The van der Waals surface area contributed by atoms with Crippen LogP contribution in [0.2, 0.25) is 0 Å². The molecule has 0 heterocycles. The summed E-state index contributed by atoms with van der Waals surface area (Å²) in [5.74, 6) is -0.175. The van der Waals surface area contributed by atoms with E-state index < -0.39 is 0 Å². The molecule has 0 aromatic rings. The maximum Gasteiger partial charge on any atom is 0.307 e. The molecular formula is C12H25NO3. The Labute approximate surface area is 98.7 Å². The van der Waals surface area contributed by atoms with Crippen molar-refractivity contribution in [2.45, 2.75) is 51.7 Å². The number of hydrogen-bond donors (Lipinski definition) is 1. The summed E-state index contributed by atoms with van der Waals surface area (Å²) in [6.45, 7) is 8.26. The van der Waals surface area contributed by atoms with Gasteiger partial charge in [0.1, 0.15) is 0 Å². The molecule has 0 spiro atoms. The second-order valence-electron chi connectivity index (χ2n) is 4.93. The Kier molecular flexibility index (Phi) is 5.97. The molecule has 4 nitrogen and oxygen atoms in total. The zero-order valence-electron chi connectivity index (χ0n) is 11.3. The van der Waals surface area contributed by atoms with Crippen LogP contribution in [0.25, 0.3) is 0 Å². The van der Waals surface area contributed by atoms with E-state index in [2.05, 4.69) is 5.32 Å². The van der Waals surface area contributed by atoms with E-state index in [4.69, 9.17) is 9.47 Å². The van der Waals surface area contributed by atoms with Crippen molar-refractivity contribution >= 4 is 5.97 Å². The van der Waals surface area contributed by atoms with Gasteiger partial charge in [0, 0.05) is 12.6 Å². The number of carbonyl (C=O) groups excluding carboxylic acids is 1. The van der Waals surface area contributed by atoms with E-state index in [-0.39, 0.29) is 17.1 Å². The molecule has 0 saturated heterocycles. The van der Waals surface area contributed by atoms with E-state index in [1.54, 1.807) is 7.11 Å². The van der Waals surface area contributed by atoms with E-state index in [1.807, 2.05) is 34.7 Å². The van der Waals surface area contributed by atoms with Gasteiger partial charge in [-0.1, -0.05) is 0 Å². The number of rotatable bonds is 7. The predicted molar refractivity (Wildman–Crippen MR) is 64.4 cm³/mol. The van der Waals surface area contributed by atoms with Crippen molar-refractivity contribution in [3.05, 3.63) is 0 Å². The molecule has 1 atom stereocenters. The van der Waals surface area contributed by atoms with Gasteiger partial charge in [-0.25, -0.2) is 0 Å². The van der Waals surface area contributed by atoms with Crippen LogP contribution < -0.4 is 5.32 Å². The molecule has 1 N–H and O–H groups in total. The van der Waals surface area contributed by atoms with Crippen LogP contribution in [0, 0.1) is 0 Å². The van der Waals surface area contributed by atoms with E-state index in [9.17, 15) is 4.79 Å². The van der Waals surface area contributed by atoms with Crippen molar-refractivity contribution in [2.24, 2.45) is 0 Å². The number of carbonyl (C=O) groups is 1. The van der Waals surface area contributed by atoms with Crippen LogP contribution in [0.3, 0.4) is 0 Å². The molecule has 0 aromatic carbocycles. The van der Waals surface area contributed by atoms with Crippen molar-refractivity contribution in [3.63, 3.8) is 0 Å². The Morgan fingerprint density at radius 1 is 1.31 bits per heavy atom. The van der Waals surface area contributed by atoms with Gasteiger partial charge in [0.05, 0.1) is 18.6 Å². The molecular weight excluding hydrogens is 206 g/mol. The third-order valence-electron chi connectivity index (χ3n) is 2.81. The van der Waals surface area contributed by atoms with Gasteiger partial charge in [-0.15, -0.1) is 0 Å². The van der Waals surface area contributed by atoms with Crippen molar-refractivity contribution < 1.29 is 14.3 Å². The number of hydrogen-bond acceptors (Lipinski definition) is 4. The summed E-state index contributed by atoms with van der Waals surface area (Å²) < 4.78 is 10.4. The Morgan fingerprint density at radius 3 is 2.25 bits per heavy atom. The average Bonchev–Trinajstić information content (AvgIpc) is 2.17. The maximum atomic E-state index is 11.5. The zero-order valence-corrected chi connectivity index (χ0v) is 11.3. The maximum absolute atomic E-state index is 11.5. The molecule has 4 heteroatoms. The molecule has 0 aliphatic carbocycles. The van der Waals surface area contributed by atoms with Gasteiger partial charge < -0.3 is 14.8 Å². The molecule has 0 aliphatic heterocycles. The van der Waals surface area contributed by atoms with Crippen LogP contribution in [-0.4, -0.2) is 37.9 Å². The standard InChI is InChI=1S/C12H25NO3/c1-7-16-10(14)8-12(4,13-5)9-11(2,3)15-6/h13H,7-9H2,1-6H3. The molecule has 16 heavy (non-hydrogen) atoms. The Balaban J connectivity index is 4.47. The van der Waals surface area contributed by atoms with Crippen molar-refractivity contribution in [1.29, 1.82) is 0 Å². The van der Waals surface area contributed by atoms with Crippen molar-refractivity contribution in [2.75, 3.05) is 20.8 Å². The quantitative estimate of drug-likeness (QED) is 0.678. The van der Waals surface area contributed by atoms with E-state index >= 15 is 0 Å². The molecule has 0 radical (unpaired) electrons. The molecule has 96 valence electrons. The van der Waals surface area contributed by atoms with Gasteiger partial charge in [-0.05, 0) is 41.2 Å². The van der Waals surface area contributed by atoms with Crippen molar-refractivity contribution in [1.82, 2.24) is 5.32 Å². The average molecular weight is 231 g/mol. The molecule has 0 aliphatic rings. The first-order valence-electron chi connectivity index (χ1n) is 5.68. The lowest BCUT2D eigenvalue weighted by atomic mass is 9.85. The highest BCUT2D eigenvalue weighted by atomic mass is 16.5. The van der Waals surface area contributed by atoms with Crippen LogP contribution in [0.15, 0.2) is 0 Å². The van der Waals surface area contributed by atoms with Crippen LogP contribution >= 0.6 is 0 Å². The Hall–Kier alpha value is -0.610. The van der Waals surface area contributed by atoms with E-state index in [0.29, 0.717) is 13.0 Å². The van der Waals surface area contributed by atoms with Crippen LogP contribution in [0.4, 0.5) is 0 Å². The number of nitrogens with one attached hydrogen (secondary N) is 1. The summed E-state index contributed by atoms with van der Waals surface area (Å²) in [6, 6.07) is 0. The minimum Gasteiger partial charge on any atom is -0.466 e. The fourth-order valence-electron chi connectivity index (χ4n) is 1.78. The van der Waals surface area contributed by atoms with Gasteiger partial charge in [0.15, 0.2) is 0 Å². The summed E-state index contributed by atoms with van der Waals surface area (Å²) in [4.78, 5) is 11.5. The number of ether oxygens (including phenoxy) is 2. The van der Waals surface area contributed by atoms with E-state index in [1.165, 1.54) is 0 Å². The first kappa shape index (κ1) is 15.4. The molecule has 0 rings (SSSR count). The van der Waals surface area contributed by atoms with Gasteiger partial charge in [0.25, 0.3) is 0 Å². The summed E-state index contributed by atoms with van der Waals surface area (Å²) in [6.07, 6.45) is 1.09. The highest BCUT2D eigenvalue weighted by Gasteiger charge is 2.33. The smallest absolute Gasteiger partial charge is 0.307 e. The van der Waals surface area contributed by atoms with Gasteiger partial charge >= 0.3 is 5.97 Å². The second kappa shape index (κ2) is 6.21.